The van der Waals surface area contributed by atoms with E-state index >= 15 is 0 Å². The molecule has 1 aliphatic carbocycles. The van der Waals surface area contributed by atoms with Gasteiger partial charge in [0.05, 0.1) is 11.0 Å². The van der Waals surface area contributed by atoms with E-state index in [9.17, 15) is 22.9 Å². The predicted molar refractivity (Wildman–Crippen MR) is 85.7 cm³/mol. The number of halogens is 2. The van der Waals surface area contributed by atoms with Crippen molar-refractivity contribution in [1.29, 1.82) is 5.26 Å². The Hall–Kier alpha value is -2.23. The third-order valence-electron chi connectivity index (χ3n) is 4.25. The Bertz CT molecular complexity index is 953. The summed E-state index contributed by atoms with van der Waals surface area (Å²) >= 11 is 5.76. The second-order valence-corrected chi connectivity index (χ2v) is 8.12. The van der Waals surface area contributed by atoms with E-state index in [1.54, 1.807) is 0 Å². The molecule has 0 aliphatic heterocycles. The topological polar surface area (TPSA) is 75.0 Å². The van der Waals surface area contributed by atoms with Crippen molar-refractivity contribution in [3.63, 3.8) is 0 Å². The summed E-state index contributed by atoms with van der Waals surface area (Å²) in [6.07, 6.45) is 0.348. The van der Waals surface area contributed by atoms with Crippen molar-refractivity contribution in [2.75, 3.05) is 0 Å². The molecule has 3 atom stereocenters. The van der Waals surface area contributed by atoms with Crippen molar-refractivity contribution in [2.45, 2.75) is 16.1 Å². The molecule has 0 radical (unpaired) electrons. The molecule has 7 heteroatoms. The molecule has 24 heavy (non-hydrogen) atoms. The number of carbonyl (C=O) groups excluding carboxylic acids is 1. The highest BCUT2D eigenvalue weighted by Gasteiger charge is 2.72. The average molecular weight is 364 g/mol. The Labute approximate surface area is 143 Å². The van der Waals surface area contributed by atoms with Gasteiger partial charge in [0.1, 0.15) is 22.8 Å². The zero-order valence-corrected chi connectivity index (χ0v) is 13.8. The van der Waals surface area contributed by atoms with Gasteiger partial charge in [0.15, 0.2) is 9.84 Å². The van der Waals surface area contributed by atoms with Crippen LogP contribution in [0.4, 0.5) is 4.39 Å². The molecule has 2 aromatic carbocycles. The van der Waals surface area contributed by atoms with Crippen LogP contribution in [0.15, 0.2) is 53.4 Å². The lowest BCUT2D eigenvalue weighted by molar-refractivity contribution is -0.110. The number of rotatable bonds is 4. The van der Waals surface area contributed by atoms with Crippen LogP contribution in [0.25, 0.3) is 0 Å². The predicted octanol–water partition coefficient (Wildman–Crippen LogP) is 3.13. The highest BCUT2D eigenvalue weighted by molar-refractivity contribution is 7.92. The number of aldehydes is 1. The van der Waals surface area contributed by atoms with Crippen molar-refractivity contribution in [2.24, 2.45) is 5.41 Å². The zero-order chi connectivity index (χ0) is 17.5. The summed E-state index contributed by atoms with van der Waals surface area (Å²) in [7, 11) is -3.96. The fraction of sp³-hybridized carbons (Fsp3) is 0.176. The quantitative estimate of drug-likeness (QED) is 0.782. The number of nitrogens with zero attached hydrogens (tertiary/aromatic N) is 1. The molecule has 1 aliphatic rings. The zero-order valence-electron chi connectivity index (χ0n) is 12.2. The van der Waals surface area contributed by atoms with Gasteiger partial charge in [0.25, 0.3) is 0 Å². The lowest BCUT2D eigenvalue weighted by Gasteiger charge is -2.04. The first-order chi connectivity index (χ1) is 11.4. The van der Waals surface area contributed by atoms with Crippen LogP contribution in [0.3, 0.4) is 0 Å². The highest BCUT2D eigenvalue weighted by Crippen LogP contribution is 2.62. The summed E-state index contributed by atoms with van der Waals surface area (Å²) in [5, 5.41) is 8.54. The molecule has 0 aromatic heterocycles. The van der Waals surface area contributed by atoms with Gasteiger partial charge in [0.2, 0.25) is 0 Å². The average Bonchev–Trinajstić information content (AvgIpc) is 3.26. The smallest absolute Gasteiger partial charge is 0.183 e. The molecule has 122 valence electrons. The molecule has 1 saturated carbocycles. The minimum atomic E-state index is -3.96. The number of sulfone groups is 1. The van der Waals surface area contributed by atoms with Crippen molar-refractivity contribution < 1.29 is 17.6 Å². The summed E-state index contributed by atoms with van der Waals surface area (Å²) in [4.78, 5) is 11.5. The molecule has 3 unspecified atom stereocenters. The van der Waals surface area contributed by atoms with E-state index in [0.29, 0.717) is 16.9 Å². The van der Waals surface area contributed by atoms with Gasteiger partial charge in [0, 0.05) is 10.9 Å². The van der Waals surface area contributed by atoms with Crippen molar-refractivity contribution >= 4 is 27.7 Å². The second kappa shape index (κ2) is 5.69. The Morgan fingerprint density at radius 3 is 2.42 bits per heavy atom. The third kappa shape index (κ3) is 2.41. The molecular weight excluding hydrogens is 353 g/mol. The summed E-state index contributed by atoms with van der Waals surface area (Å²) < 4.78 is 39.2. The fourth-order valence-corrected chi connectivity index (χ4v) is 5.40. The lowest BCUT2D eigenvalue weighted by Crippen LogP contribution is -2.16. The number of benzene rings is 2. The maximum absolute atomic E-state index is 13.5. The van der Waals surface area contributed by atoms with E-state index in [0.717, 1.165) is 6.07 Å². The molecule has 1 fully saturated rings. The fourth-order valence-electron chi connectivity index (χ4n) is 3.03. The molecule has 4 nitrogen and oxygen atoms in total. The van der Waals surface area contributed by atoms with Gasteiger partial charge in [-0.15, -0.1) is 0 Å². The van der Waals surface area contributed by atoms with Gasteiger partial charge in [-0.25, -0.2) is 12.8 Å². The largest absolute Gasteiger partial charge is 0.302 e. The first-order valence-corrected chi connectivity index (χ1v) is 8.92. The summed E-state index contributed by atoms with van der Waals surface area (Å²) in [6.45, 7) is 0. The van der Waals surface area contributed by atoms with Gasteiger partial charge >= 0.3 is 0 Å². The maximum Gasteiger partial charge on any atom is 0.183 e. The Morgan fingerprint density at radius 2 is 1.88 bits per heavy atom. The molecule has 0 amide bonds. The van der Waals surface area contributed by atoms with Crippen LogP contribution in [0.1, 0.15) is 11.5 Å². The van der Waals surface area contributed by atoms with Crippen LogP contribution < -0.4 is 0 Å². The van der Waals surface area contributed by atoms with Gasteiger partial charge in [-0.1, -0.05) is 23.7 Å². The Balaban J connectivity index is 2.10. The van der Waals surface area contributed by atoms with Gasteiger partial charge in [-0.2, -0.15) is 5.26 Å². The molecule has 3 rings (SSSR count). The SMILES string of the molecule is N#CC1(C=O)C(c2cccc(F)c2)C1S(=O)(=O)c1ccc(Cl)cc1. The number of hydrogen-bond donors (Lipinski definition) is 0. The molecular formula is C17H11ClFNO3S. The van der Waals surface area contributed by atoms with Crippen LogP contribution in [-0.4, -0.2) is 20.0 Å². The third-order valence-corrected chi connectivity index (χ3v) is 6.76. The van der Waals surface area contributed by atoms with Crippen molar-refractivity contribution in [3.8, 4) is 6.07 Å². The van der Waals surface area contributed by atoms with Crippen LogP contribution in [-0.2, 0) is 14.6 Å². The maximum atomic E-state index is 13.5. The molecule has 0 spiro atoms. The second-order valence-electron chi connectivity index (χ2n) is 5.61. The number of carbonyl (C=O) groups is 1. The van der Waals surface area contributed by atoms with Crippen LogP contribution >= 0.6 is 11.6 Å². The Kier molecular flexibility index (Phi) is 3.94. The monoisotopic (exact) mass is 363 g/mol. The van der Waals surface area contributed by atoms with Gasteiger partial charge in [-0.05, 0) is 42.0 Å². The highest BCUT2D eigenvalue weighted by atomic mass is 35.5. The van der Waals surface area contributed by atoms with E-state index < -0.39 is 32.2 Å². The lowest BCUT2D eigenvalue weighted by atomic mass is 10.0. The van der Waals surface area contributed by atoms with Crippen LogP contribution in [0.2, 0.25) is 5.02 Å². The molecule has 0 heterocycles. The van der Waals surface area contributed by atoms with E-state index in [2.05, 4.69) is 0 Å². The van der Waals surface area contributed by atoms with E-state index in [4.69, 9.17) is 11.6 Å². The van der Waals surface area contributed by atoms with E-state index in [1.165, 1.54) is 42.5 Å². The molecule has 0 saturated heterocycles. The van der Waals surface area contributed by atoms with Crippen LogP contribution in [0.5, 0.6) is 0 Å². The summed E-state index contributed by atoms with van der Waals surface area (Å²) in [5.41, 5.74) is -1.40. The standard InChI is InChI=1S/C17H11ClFNO3S/c18-12-4-6-14(7-5-12)24(22,23)16-15(17(16,9-20)10-21)11-2-1-3-13(19)8-11/h1-8,10,15-16H. The van der Waals surface area contributed by atoms with Gasteiger partial charge < -0.3 is 4.79 Å². The van der Waals surface area contributed by atoms with Crippen molar-refractivity contribution in [3.05, 3.63) is 64.9 Å². The minimum Gasteiger partial charge on any atom is -0.302 e. The van der Waals surface area contributed by atoms with E-state index in [-0.39, 0.29) is 4.90 Å². The first kappa shape index (κ1) is 16.6. The molecule has 2 aromatic rings. The Morgan fingerprint density at radius 1 is 1.21 bits per heavy atom. The number of nitriles is 1. The van der Waals surface area contributed by atoms with E-state index in [1.807, 2.05) is 6.07 Å². The first-order valence-electron chi connectivity index (χ1n) is 6.99. The summed E-state index contributed by atoms with van der Waals surface area (Å²) in [5.74, 6) is -1.46. The number of hydrogen-bond acceptors (Lipinski definition) is 4. The van der Waals surface area contributed by atoms with Gasteiger partial charge in [-0.3, -0.25) is 0 Å². The normalized spacial score (nSPS) is 25.7. The minimum absolute atomic E-state index is 0.0303. The molecule has 0 bridgehead atoms. The van der Waals surface area contributed by atoms with Crippen molar-refractivity contribution in [1.82, 2.24) is 0 Å². The molecule has 0 N–H and O–H groups in total. The summed E-state index contributed by atoms with van der Waals surface area (Å²) in [6, 6.07) is 12.6. The van der Waals surface area contributed by atoms with Crippen LogP contribution in [0, 0.1) is 22.6 Å².